The van der Waals surface area contributed by atoms with Crippen LogP contribution in [0, 0.1) is 17.8 Å². The molecular weight excluding hydrogens is 306 g/mol. The second-order valence-electron chi connectivity index (χ2n) is 5.81. The number of hydrogen-bond donors (Lipinski definition) is 1. The minimum Gasteiger partial charge on any atom is -0.462 e. The highest BCUT2D eigenvalue weighted by atomic mass is 79.9. The number of nitrogens with two attached hydrogens (primary N) is 1. The average molecular weight is 324 g/mol. The van der Waals surface area contributed by atoms with Crippen LogP contribution in [0.2, 0.25) is 0 Å². The normalized spacial score (nSPS) is 28.6. The van der Waals surface area contributed by atoms with Crippen LogP contribution in [0.3, 0.4) is 0 Å². The van der Waals surface area contributed by atoms with Crippen LogP contribution in [0.25, 0.3) is 0 Å². The summed E-state index contributed by atoms with van der Waals surface area (Å²) in [5, 5.41) is 0. The van der Waals surface area contributed by atoms with Crippen LogP contribution in [0.1, 0.15) is 36.0 Å². The van der Waals surface area contributed by atoms with Crippen molar-refractivity contribution < 1.29 is 9.53 Å². The van der Waals surface area contributed by atoms with E-state index < -0.39 is 0 Å². The molecule has 3 rings (SSSR count). The smallest absolute Gasteiger partial charge is 0.338 e. The molecule has 3 nitrogen and oxygen atoms in total. The van der Waals surface area contributed by atoms with Gasteiger partial charge in [-0.25, -0.2) is 4.79 Å². The number of halogens is 1. The quantitative estimate of drug-likeness (QED) is 0.682. The summed E-state index contributed by atoms with van der Waals surface area (Å²) in [6.07, 6.45) is 5.26. The van der Waals surface area contributed by atoms with Gasteiger partial charge in [0.25, 0.3) is 0 Å². The number of esters is 1. The van der Waals surface area contributed by atoms with Gasteiger partial charge in [-0.15, -0.1) is 0 Å². The van der Waals surface area contributed by atoms with Crippen molar-refractivity contribution in [2.45, 2.75) is 25.7 Å². The van der Waals surface area contributed by atoms with E-state index in [2.05, 4.69) is 15.9 Å². The summed E-state index contributed by atoms with van der Waals surface area (Å²) >= 11 is 3.34. The van der Waals surface area contributed by atoms with E-state index in [0.29, 0.717) is 23.8 Å². The Morgan fingerprint density at radius 3 is 2.79 bits per heavy atom. The Kier molecular flexibility index (Phi) is 3.52. The van der Waals surface area contributed by atoms with Crippen molar-refractivity contribution in [1.29, 1.82) is 0 Å². The van der Waals surface area contributed by atoms with Gasteiger partial charge in [0.2, 0.25) is 0 Å². The van der Waals surface area contributed by atoms with Crippen molar-refractivity contribution >= 4 is 27.6 Å². The van der Waals surface area contributed by atoms with Gasteiger partial charge in [-0.3, -0.25) is 0 Å². The van der Waals surface area contributed by atoms with E-state index in [-0.39, 0.29) is 5.97 Å². The lowest BCUT2D eigenvalue weighted by atomic mass is 9.89. The van der Waals surface area contributed by atoms with Crippen molar-refractivity contribution in [2.24, 2.45) is 17.8 Å². The highest BCUT2D eigenvalue weighted by molar-refractivity contribution is 9.10. The first-order chi connectivity index (χ1) is 9.11. The van der Waals surface area contributed by atoms with Crippen molar-refractivity contribution in [3.8, 4) is 0 Å². The van der Waals surface area contributed by atoms with Crippen LogP contribution < -0.4 is 5.73 Å². The lowest BCUT2D eigenvalue weighted by molar-refractivity contribution is 0.0394. The summed E-state index contributed by atoms with van der Waals surface area (Å²) < 4.78 is 6.26. The van der Waals surface area contributed by atoms with Gasteiger partial charge in [0.15, 0.2) is 0 Å². The molecule has 3 atom stereocenters. The minimum absolute atomic E-state index is 0.268. The zero-order valence-electron chi connectivity index (χ0n) is 10.8. The van der Waals surface area contributed by atoms with E-state index in [1.54, 1.807) is 18.2 Å². The molecule has 102 valence electrons. The van der Waals surface area contributed by atoms with Crippen LogP contribution in [0.15, 0.2) is 22.7 Å². The predicted molar refractivity (Wildman–Crippen MR) is 77.8 cm³/mol. The molecule has 1 aromatic rings. The zero-order valence-corrected chi connectivity index (χ0v) is 12.4. The molecule has 2 fully saturated rings. The summed E-state index contributed by atoms with van der Waals surface area (Å²) in [4.78, 5) is 12.0. The Labute approximate surface area is 121 Å². The van der Waals surface area contributed by atoms with Gasteiger partial charge in [0.1, 0.15) is 0 Å². The van der Waals surface area contributed by atoms with E-state index >= 15 is 0 Å². The average Bonchev–Trinajstić information content (AvgIpc) is 2.96. The molecule has 4 heteroatoms. The molecule has 2 aliphatic carbocycles. The first-order valence-electron chi connectivity index (χ1n) is 6.85. The largest absolute Gasteiger partial charge is 0.462 e. The van der Waals surface area contributed by atoms with Crippen molar-refractivity contribution in [3.05, 3.63) is 28.2 Å². The fourth-order valence-electron chi connectivity index (χ4n) is 3.58. The molecule has 0 amide bonds. The summed E-state index contributed by atoms with van der Waals surface area (Å²) in [6.45, 7) is 0.562. The topological polar surface area (TPSA) is 52.3 Å². The molecular formula is C15H18BrNO2. The van der Waals surface area contributed by atoms with Gasteiger partial charge in [0.05, 0.1) is 12.2 Å². The zero-order chi connectivity index (χ0) is 13.4. The second kappa shape index (κ2) is 5.16. The molecule has 2 bridgehead atoms. The van der Waals surface area contributed by atoms with E-state index in [1.807, 2.05) is 0 Å². The van der Waals surface area contributed by atoms with Gasteiger partial charge < -0.3 is 10.5 Å². The van der Waals surface area contributed by atoms with Gasteiger partial charge in [-0.05, 0) is 55.2 Å². The van der Waals surface area contributed by atoms with E-state index in [1.165, 1.54) is 25.7 Å². The molecule has 2 saturated carbocycles. The van der Waals surface area contributed by atoms with Crippen LogP contribution in [0.5, 0.6) is 0 Å². The summed E-state index contributed by atoms with van der Waals surface area (Å²) in [5.74, 6) is 1.98. The lowest BCUT2D eigenvalue weighted by Crippen LogP contribution is -2.19. The third kappa shape index (κ3) is 2.78. The van der Waals surface area contributed by atoms with Gasteiger partial charge >= 0.3 is 5.97 Å². The number of carbonyl (C=O) groups is 1. The predicted octanol–water partition coefficient (Wildman–Crippen LogP) is 3.62. The molecule has 0 saturated heterocycles. The Bertz CT molecular complexity index is 483. The first kappa shape index (κ1) is 13.0. The molecule has 0 heterocycles. The number of rotatable bonds is 3. The van der Waals surface area contributed by atoms with E-state index in [9.17, 15) is 4.79 Å². The molecule has 0 aromatic heterocycles. The number of carbonyl (C=O) groups excluding carboxylic acids is 1. The van der Waals surface area contributed by atoms with Gasteiger partial charge in [0, 0.05) is 10.2 Å². The summed E-state index contributed by atoms with van der Waals surface area (Å²) in [7, 11) is 0. The van der Waals surface area contributed by atoms with Crippen LogP contribution in [-0.2, 0) is 4.74 Å². The molecule has 3 unspecified atom stereocenters. The summed E-state index contributed by atoms with van der Waals surface area (Å²) in [5.41, 5.74) is 6.82. The number of anilines is 1. The van der Waals surface area contributed by atoms with E-state index in [0.717, 1.165) is 16.3 Å². The number of hydrogen-bond acceptors (Lipinski definition) is 3. The first-order valence-corrected chi connectivity index (χ1v) is 7.64. The monoisotopic (exact) mass is 323 g/mol. The highest BCUT2D eigenvalue weighted by Gasteiger charge is 2.39. The SMILES string of the molecule is Nc1cc(Br)cc(C(=O)OCC2CC3CCC2C3)c1. The molecule has 0 spiro atoms. The standard InChI is InChI=1S/C15H18BrNO2/c16-13-5-11(6-14(17)7-13)15(18)19-8-12-4-9-1-2-10(12)3-9/h5-7,9-10,12H,1-4,8,17H2. The summed E-state index contributed by atoms with van der Waals surface area (Å²) in [6, 6.07) is 5.18. The molecule has 2 aliphatic rings. The number of fused-ring (bicyclic) bond motifs is 2. The number of nitrogen functional groups attached to an aromatic ring is 1. The molecule has 19 heavy (non-hydrogen) atoms. The van der Waals surface area contributed by atoms with Crippen LogP contribution in [0.4, 0.5) is 5.69 Å². The third-order valence-corrected chi connectivity index (χ3v) is 4.93. The molecule has 0 radical (unpaired) electrons. The van der Waals surface area contributed by atoms with E-state index in [4.69, 9.17) is 10.5 Å². The van der Waals surface area contributed by atoms with Gasteiger partial charge in [-0.2, -0.15) is 0 Å². The third-order valence-electron chi connectivity index (χ3n) is 4.47. The Morgan fingerprint density at radius 2 is 2.16 bits per heavy atom. The van der Waals surface area contributed by atoms with Crippen molar-refractivity contribution in [2.75, 3.05) is 12.3 Å². The Balaban J connectivity index is 1.59. The van der Waals surface area contributed by atoms with Crippen LogP contribution >= 0.6 is 15.9 Å². The number of ether oxygens (including phenoxy) is 1. The van der Waals surface area contributed by atoms with Crippen LogP contribution in [-0.4, -0.2) is 12.6 Å². The Hall–Kier alpha value is -1.03. The molecule has 1 aromatic carbocycles. The van der Waals surface area contributed by atoms with Crippen molar-refractivity contribution in [3.63, 3.8) is 0 Å². The fourth-order valence-corrected chi connectivity index (χ4v) is 4.09. The minimum atomic E-state index is -0.268. The Morgan fingerprint density at radius 1 is 1.32 bits per heavy atom. The highest BCUT2D eigenvalue weighted by Crippen LogP contribution is 2.48. The fraction of sp³-hybridized carbons (Fsp3) is 0.533. The van der Waals surface area contributed by atoms with Gasteiger partial charge in [-0.1, -0.05) is 22.4 Å². The van der Waals surface area contributed by atoms with Crippen molar-refractivity contribution in [1.82, 2.24) is 0 Å². The maximum absolute atomic E-state index is 12.0. The maximum Gasteiger partial charge on any atom is 0.338 e. The molecule has 2 N–H and O–H groups in total. The maximum atomic E-state index is 12.0. The lowest BCUT2D eigenvalue weighted by Gasteiger charge is -2.21. The molecule has 0 aliphatic heterocycles. The second-order valence-corrected chi connectivity index (χ2v) is 6.72. The number of benzene rings is 1.